The Balaban J connectivity index is 1.22. The lowest BCUT2D eigenvalue weighted by molar-refractivity contribution is -0.136. The Labute approximate surface area is 491 Å². The lowest BCUT2D eigenvalue weighted by Crippen LogP contribution is -2.61. The molecule has 0 fully saturated rings. The maximum absolute atomic E-state index is 14.9. The largest absolute Gasteiger partial charge is 0.508 e. The SMILES string of the molecule is CC(=O)N[C@H](Cc1ccccc1)C(=O)N[C@@H](CS)C(=O)N[C@@H](Cc1ccc(O)cc1)C(=O)N[C@H](Cc1c[nH]c2ccccc12)C(=O)N[C@@H](CCCCN)C(=O)N[C@H](C(=O)N[C@@H](CS)C(=O)N[C@@H](Cc1c[nH]c2ccccc12)C(N)=O)C(C)C. The quantitative estimate of drug-likeness (QED) is 0.0219. The van der Waals surface area contributed by atoms with Crippen molar-refractivity contribution in [1.29, 1.82) is 0 Å². The van der Waals surface area contributed by atoms with E-state index in [0.717, 1.165) is 32.9 Å². The summed E-state index contributed by atoms with van der Waals surface area (Å²) in [7, 11) is 0. The van der Waals surface area contributed by atoms with E-state index in [2.05, 4.69) is 77.8 Å². The van der Waals surface area contributed by atoms with Crippen molar-refractivity contribution in [2.24, 2.45) is 17.4 Å². The van der Waals surface area contributed by atoms with Crippen LogP contribution in [0.25, 0.3) is 21.8 Å². The lowest BCUT2D eigenvalue weighted by Gasteiger charge is -2.29. The van der Waals surface area contributed by atoms with Gasteiger partial charge in [0.05, 0.1) is 0 Å². The van der Waals surface area contributed by atoms with Gasteiger partial charge in [0.15, 0.2) is 0 Å². The number of aromatic nitrogens is 2. The van der Waals surface area contributed by atoms with E-state index >= 15 is 0 Å². The van der Waals surface area contributed by atoms with Gasteiger partial charge in [0.1, 0.15) is 54.1 Å². The molecule has 0 radical (unpaired) electrons. The van der Waals surface area contributed by atoms with E-state index in [4.69, 9.17) is 11.5 Å². The number of hydrogen-bond donors (Lipinski definition) is 15. The van der Waals surface area contributed by atoms with E-state index in [1.807, 2.05) is 48.5 Å². The molecule has 24 heteroatoms. The molecule has 0 spiro atoms. The molecule has 0 aliphatic heterocycles. The number of rotatable bonds is 31. The molecule has 0 saturated heterocycles. The first-order valence-electron chi connectivity index (χ1n) is 27.3. The fourth-order valence-corrected chi connectivity index (χ4v) is 9.93. The van der Waals surface area contributed by atoms with Crippen LogP contribution in [-0.2, 0) is 68.8 Å². The number of carbonyl (C=O) groups excluding carboxylic acids is 9. The average Bonchev–Trinajstić information content (AvgIpc) is 4.32. The summed E-state index contributed by atoms with van der Waals surface area (Å²) in [5, 5.41) is 33.3. The second kappa shape index (κ2) is 31.2. The molecule has 4 aromatic carbocycles. The Hall–Kier alpha value is -8.35. The summed E-state index contributed by atoms with van der Waals surface area (Å²) in [6.45, 7) is 4.87. The minimum absolute atomic E-state index is 0.0477. The fourth-order valence-electron chi connectivity index (χ4n) is 9.42. The number of benzene rings is 4. The van der Waals surface area contributed by atoms with Crippen LogP contribution in [0, 0.1) is 5.92 Å². The predicted molar refractivity (Wildman–Crippen MR) is 322 cm³/mol. The van der Waals surface area contributed by atoms with Crippen molar-refractivity contribution in [3.63, 3.8) is 0 Å². The van der Waals surface area contributed by atoms with Crippen molar-refractivity contribution in [2.45, 2.75) is 114 Å². The third-order valence-electron chi connectivity index (χ3n) is 13.9. The summed E-state index contributed by atoms with van der Waals surface area (Å²) in [5.41, 5.74) is 15.8. The summed E-state index contributed by atoms with van der Waals surface area (Å²) in [6, 6.07) is 19.3. The first kappa shape index (κ1) is 63.8. The van der Waals surface area contributed by atoms with E-state index in [-0.39, 0.29) is 55.9 Å². The minimum atomic E-state index is -1.42. The van der Waals surface area contributed by atoms with Gasteiger partial charge in [-0.05, 0) is 78.2 Å². The van der Waals surface area contributed by atoms with E-state index in [0.29, 0.717) is 24.0 Å². The van der Waals surface area contributed by atoms with Gasteiger partial charge in [-0.2, -0.15) is 25.3 Å². The summed E-state index contributed by atoms with van der Waals surface area (Å²) < 4.78 is 0. The lowest BCUT2D eigenvalue weighted by atomic mass is 10.00. The topological polar surface area (TPSA) is 354 Å². The number of phenols is 1. The van der Waals surface area contributed by atoms with Crippen LogP contribution >= 0.6 is 25.3 Å². The van der Waals surface area contributed by atoms with Crippen LogP contribution in [0.1, 0.15) is 62.3 Å². The van der Waals surface area contributed by atoms with Gasteiger partial charge in [-0.1, -0.05) is 92.7 Å². The number of phenolic OH excluding ortho intramolecular Hbond substituents is 1. The number of aromatic hydroxyl groups is 1. The van der Waals surface area contributed by atoms with Gasteiger partial charge in [0, 0.05) is 78.3 Å². The van der Waals surface area contributed by atoms with Crippen molar-refractivity contribution in [1.82, 2.24) is 52.5 Å². The maximum Gasteiger partial charge on any atom is 0.244 e. The molecule has 442 valence electrons. The monoisotopic (exact) mass is 1170 g/mol. The zero-order valence-electron chi connectivity index (χ0n) is 46.4. The summed E-state index contributed by atoms with van der Waals surface area (Å²) in [4.78, 5) is 131. The Bertz CT molecular complexity index is 3210. The Kier molecular flexibility index (Phi) is 24.0. The number of nitrogens with one attached hydrogen (secondary N) is 10. The first-order chi connectivity index (χ1) is 39.8. The number of para-hydroxylation sites is 2. The zero-order valence-corrected chi connectivity index (χ0v) is 48.2. The van der Waals surface area contributed by atoms with Gasteiger partial charge in [0.2, 0.25) is 53.2 Å². The molecule has 8 atom stereocenters. The molecule has 6 rings (SSSR count). The van der Waals surface area contributed by atoms with Crippen molar-refractivity contribution in [3.05, 3.63) is 138 Å². The number of primary amides is 1. The molecular formula is C59H74N12O10S2. The molecule has 83 heavy (non-hydrogen) atoms. The smallest absolute Gasteiger partial charge is 0.244 e. The molecule has 15 N–H and O–H groups in total. The highest BCUT2D eigenvalue weighted by atomic mass is 32.1. The van der Waals surface area contributed by atoms with Gasteiger partial charge in [0.25, 0.3) is 0 Å². The Morgan fingerprint density at radius 1 is 0.482 bits per heavy atom. The predicted octanol–water partition coefficient (Wildman–Crippen LogP) is 1.65. The molecule has 22 nitrogen and oxygen atoms in total. The fraction of sp³-hybridized carbons (Fsp3) is 0.373. The standard InChI is InChI=1S/C59H74N12O10S2/c1-33(2)51(59(81)70-50(32-83)57(79)66-45(52(61)74)27-37-29-62-42-17-9-7-15-40(37)42)71-53(75)44(19-11-12-24-60)65-56(78)48(28-38-30-63-43-18-10-8-16-41(38)43)68-55(77)47(26-36-20-22-39(73)23-21-36)67-58(80)49(31-82)69-54(76)46(64-34(3)72)25-35-13-5-4-6-14-35/h4-10,13-18,20-23,29-30,33,44-51,62-63,73,82-83H,11-12,19,24-28,31-32,60H2,1-3H3,(H2,61,74)(H,64,72)(H,65,78)(H,66,79)(H,67,80)(H,68,77)(H,69,76)(H,70,81)(H,71,75)/t44-,45-,46+,47-,48+,49-,50-,51-/m0/s1. The van der Waals surface area contributed by atoms with Crippen LogP contribution in [-0.4, -0.2) is 135 Å². The Morgan fingerprint density at radius 3 is 1.39 bits per heavy atom. The maximum atomic E-state index is 14.9. The van der Waals surface area contributed by atoms with Crippen LogP contribution < -0.4 is 54.0 Å². The van der Waals surface area contributed by atoms with Crippen LogP contribution in [0.2, 0.25) is 0 Å². The molecular weight excluding hydrogens is 1100 g/mol. The number of unbranched alkanes of at least 4 members (excludes halogenated alkanes) is 1. The summed E-state index contributed by atoms with van der Waals surface area (Å²) in [6.07, 6.45) is 4.15. The highest BCUT2D eigenvalue weighted by Crippen LogP contribution is 2.22. The molecule has 2 aromatic heterocycles. The van der Waals surface area contributed by atoms with Gasteiger partial charge in [-0.15, -0.1) is 0 Å². The average molecular weight is 1180 g/mol. The van der Waals surface area contributed by atoms with Gasteiger partial charge >= 0.3 is 0 Å². The number of thiol groups is 2. The number of amides is 9. The van der Waals surface area contributed by atoms with Crippen LogP contribution in [0.5, 0.6) is 5.75 Å². The van der Waals surface area contributed by atoms with E-state index in [1.54, 1.807) is 68.7 Å². The normalized spacial score (nSPS) is 14.2. The third kappa shape index (κ3) is 18.6. The second-order valence-corrected chi connectivity index (χ2v) is 21.3. The van der Waals surface area contributed by atoms with Gasteiger partial charge < -0.3 is 69.1 Å². The highest BCUT2D eigenvalue weighted by molar-refractivity contribution is 7.80. The molecule has 6 aromatic rings. The molecule has 0 bridgehead atoms. The van der Waals surface area contributed by atoms with Crippen molar-refractivity contribution < 1.29 is 48.3 Å². The van der Waals surface area contributed by atoms with Gasteiger partial charge in [-0.3, -0.25) is 43.2 Å². The van der Waals surface area contributed by atoms with Crippen molar-refractivity contribution >= 4 is 100 Å². The zero-order chi connectivity index (χ0) is 60.2. The third-order valence-corrected chi connectivity index (χ3v) is 14.7. The van der Waals surface area contributed by atoms with Crippen LogP contribution in [0.15, 0.2) is 116 Å². The number of nitrogens with two attached hydrogens (primary N) is 2. The molecule has 0 saturated carbocycles. The summed E-state index contributed by atoms with van der Waals surface area (Å²) in [5.74, 6) is -7.73. The van der Waals surface area contributed by atoms with Crippen molar-refractivity contribution in [2.75, 3.05) is 18.1 Å². The van der Waals surface area contributed by atoms with E-state index in [9.17, 15) is 48.3 Å². The first-order valence-corrected chi connectivity index (χ1v) is 28.6. The number of H-pyrrole nitrogens is 2. The number of fused-ring (bicyclic) bond motifs is 2. The number of hydrogen-bond acceptors (Lipinski definition) is 13. The minimum Gasteiger partial charge on any atom is -0.508 e. The van der Waals surface area contributed by atoms with Crippen molar-refractivity contribution in [3.8, 4) is 5.75 Å². The molecule has 9 amide bonds. The molecule has 0 unspecified atom stereocenters. The Morgan fingerprint density at radius 2 is 0.892 bits per heavy atom. The van der Waals surface area contributed by atoms with Crippen LogP contribution in [0.4, 0.5) is 0 Å². The number of aromatic amines is 2. The summed E-state index contributed by atoms with van der Waals surface area (Å²) >= 11 is 8.68. The second-order valence-electron chi connectivity index (χ2n) is 20.6. The van der Waals surface area contributed by atoms with Crippen LogP contribution in [0.3, 0.4) is 0 Å². The van der Waals surface area contributed by atoms with Gasteiger partial charge in [-0.25, -0.2) is 0 Å². The molecule has 0 aliphatic rings. The van der Waals surface area contributed by atoms with E-state index in [1.165, 1.54) is 19.1 Å². The van der Waals surface area contributed by atoms with E-state index < -0.39 is 107 Å². The highest BCUT2D eigenvalue weighted by Gasteiger charge is 2.36. The number of carbonyl (C=O) groups is 9. The molecule has 2 heterocycles. The molecule has 0 aliphatic carbocycles.